The van der Waals surface area contributed by atoms with Crippen LogP contribution in [0.2, 0.25) is 0 Å². The van der Waals surface area contributed by atoms with Crippen LogP contribution in [0.3, 0.4) is 0 Å². The molecule has 5 nitrogen and oxygen atoms in total. The predicted molar refractivity (Wildman–Crippen MR) is 114 cm³/mol. The second kappa shape index (κ2) is 10.3. The van der Waals surface area contributed by atoms with Crippen LogP contribution in [0, 0.1) is 0 Å². The molecular formula is C23H27NO4S. The first kappa shape index (κ1) is 21.2. The molecule has 0 unspecified atom stereocenters. The van der Waals surface area contributed by atoms with Crippen molar-refractivity contribution in [3.05, 3.63) is 59.2 Å². The summed E-state index contributed by atoms with van der Waals surface area (Å²) in [6, 6.07) is 14.0. The summed E-state index contributed by atoms with van der Waals surface area (Å²) in [6.45, 7) is 2.77. The predicted octanol–water partition coefficient (Wildman–Crippen LogP) is 3.87. The Bertz CT molecular complexity index is 850. The summed E-state index contributed by atoms with van der Waals surface area (Å²) < 4.78 is 10.6. The number of aryl methyl sites for hydroxylation is 2. The van der Waals surface area contributed by atoms with Gasteiger partial charge in [-0.3, -0.25) is 9.59 Å². The number of esters is 1. The zero-order valence-corrected chi connectivity index (χ0v) is 17.8. The summed E-state index contributed by atoms with van der Waals surface area (Å²) in [5.74, 6) is 0.405. The van der Waals surface area contributed by atoms with Crippen molar-refractivity contribution in [3.8, 4) is 5.75 Å². The molecule has 3 rings (SSSR count). The Kier molecular flexibility index (Phi) is 7.58. The van der Waals surface area contributed by atoms with Crippen LogP contribution in [0.4, 0.5) is 0 Å². The molecule has 2 aromatic rings. The highest BCUT2D eigenvalue weighted by atomic mass is 32.2. The van der Waals surface area contributed by atoms with Gasteiger partial charge in [-0.25, -0.2) is 0 Å². The average Bonchev–Trinajstić information content (AvgIpc) is 3.20. The molecule has 0 heterocycles. The van der Waals surface area contributed by atoms with Gasteiger partial charge in [0, 0.05) is 18.5 Å². The lowest BCUT2D eigenvalue weighted by atomic mass is 10.1. The average molecular weight is 414 g/mol. The molecule has 0 fully saturated rings. The molecule has 1 aliphatic rings. The summed E-state index contributed by atoms with van der Waals surface area (Å²) in [4.78, 5) is 26.9. The van der Waals surface area contributed by atoms with Gasteiger partial charge in [-0.2, -0.15) is 0 Å². The normalized spacial score (nSPS) is 12.3. The van der Waals surface area contributed by atoms with Gasteiger partial charge in [0.25, 0.3) is 5.91 Å². The fraction of sp³-hybridized carbons (Fsp3) is 0.391. The highest BCUT2D eigenvalue weighted by Gasteiger charge is 2.14. The molecule has 0 saturated carbocycles. The van der Waals surface area contributed by atoms with Gasteiger partial charge < -0.3 is 14.4 Å². The Hall–Kier alpha value is -2.47. The van der Waals surface area contributed by atoms with Crippen molar-refractivity contribution in [2.75, 3.05) is 26.0 Å². The third kappa shape index (κ3) is 6.26. The van der Waals surface area contributed by atoms with Crippen LogP contribution >= 0.6 is 11.8 Å². The lowest BCUT2D eigenvalue weighted by molar-refractivity contribution is -0.149. The second-order valence-corrected chi connectivity index (χ2v) is 8.11. The highest BCUT2D eigenvalue weighted by molar-refractivity contribution is 8.00. The van der Waals surface area contributed by atoms with Gasteiger partial charge in [0.05, 0.1) is 12.4 Å². The van der Waals surface area contributed by atoms with E-state index in [1.54, 1.807) is 11.9 Å². The zero-order chi connectivity index (χ0) is 20.6. The highest BCUT2D eigenvalue weighted by Crippen LogP contribution is 2.27. The summed E-state index contributed by atoms with van der Waals surface area (Å²) in [7, 11) is 1.70. The Morgan fingerprint density at radius 1 is 1.07 bits per heavy atom. The minimum atomic E-state index is -0.377. The first-order valence-electron chi connectivity index (χ1n) is 9.91. The van der Waals surface area contributed by atoms with Gasteiger partial charge in [-0.15, -0.1) is 11.8 Å². The van der Waals surface area contributed by atoms with Crippen molar-refractivity contribution in [1.29, 1.82) is 0 Å². The Morgan fingerprint density at radius 2 is 1.83 bits per heavy atom. The van der Waals surface area contributed by atoms with Crippen LogP contribution in [0.15, 0.2) is 47.4 Å². The van der Waals surface area contributed by atoms with Crippen LogP contribution in [-0.4, -0.2) is 42.8 Å². The number of thioether (sulfide) groups is 1. The molecule has 6 heteroatoms. The number of carbonyl (C=O) groups is 2. The molecule has 1 amide bonds. The van der Waals surface area contributed by atoms with Gasteiger partial charge in [0.1, 0.15) is 5.75 Å². The molecular weight excluding hydrogens is 386 g/mol. The largest absolute Gasteiger partial charge is 0.494 e. The number of carbonyl (C=O) groups excluding carboxylic acids is 2. The fourth-order valence-corrected chi connectivity index (χ4v) is 4.05. The molecule has 0 N–H and O–H groups in total. The van der Waals surface area contributed by atoms with E-state index in [4.69, 9.17) is 9.47 Å². The summed E-state index contributed by atoms with van der Waals surface area (Å²) >= 11 is 1.45. The van der Waals surface area contributed by atoms with E-state index in [-0.39, 0.29) is 24.2 Å². The molecule has 154 valence electrons. The summed E-state index contributed by atoms with van der Waals surface area (Å²) in [6.07, 6.45) is 3.47. The van der Waals surface area contributed by atoms with Gasteiger partial charge >= 0.3 is 5.97 Å². The minimum Gasteiger partial charge on any atom is -0.494 e. The van der Waals surface area contributed by atoms with Crippen molar-refractivity contribution < 1.29 is 19.1 Å². The maximum absolute atomic E-state index is 12.2. The zero-order valence-electron chi connectivity index (χ0n) is 17.0. The molecule has 0 bridgehead atoms. The Balaban J connectivity index is 1.39. The van der Waals surface area contributed by atoms with Crippen LogP contribution in [0.25, 0.3) is 0 Å². The van der Waals surface area contributed by atoms with Crippen LogP contribution < -0.4 is 4.74 Å². The fourth-order valence-electron chi connectivity index (χ4n) is 3.29. The van der Waals surface area contributed by atoms with E-state index in [0.717, 1.165) is 29.1 Å². The molecule has 0 aromatic heterocycles. The number of hydrogen-bond donors (Lipinski definition) is 0. The van der Waals surface area contributed by atoms with Crippen LogP contribution in [0.5, 0.6) is 5.75 Å². The van der Waals surface area contributed by atoms with E-state index in [2.05, 4.69) is 18.2 Å². The SMILES string of the molecule is CCOc1ccc(CN(C)C(=O)COC(=O)CSc2ccc3c(c2)CCC3)cc1. The van der Waals surface area contributed by atoms with E-state index < -0.39 is 0 Å². The number of amides is 1. The minimum absolute atomic E-state index is 0.203. The van der Waals surface area contributed by atoms with Gasteiger partial charge in [-0.1, -0.05) is 18.2 Å². The molecule has 0 radical (unpaired) electrons. The third-order valence-corrected chi connectivity index (χ3v) is 5.83. The van der Waals surface area contributed by atoms with E-state index in [1.165, 1.54) is 29.3 Å². The first-order valence-corrected chi connectivity index (χ1v) is 10.9. The first-order chi connectivity index (χ1) is 14.0. The van der Waals surface area contributed by atoms with Crippen molar-refractivity contribution in [3.63, 3.8) is 0 Å². The van der Waals surface area contributed by atoms with E-state index in [1.807, 2.05) is 31.2 Å². The lowest BCUT2D eigenvalue weighted by Crippen LogP contribution is -2.31. The van der Waals surface area contributed by atoms with Crippen molar-refractivity contribution in [1.82, 2.24) is 4.90 Å². The van der Waals surface area contributed by atoms with Crippen LogP contribution in [-0.2, 0) is 33.7 Å². The Morgan fingerprint density at radius 3 is 2.59 bits per heavy atom. The van der Waals surface area contributed by atoms with Crippen molar-refractivity contribution >= 4 is 23.6 Å². The maximum Gasteiger partial charge on any atom is 0.316 e. The van der Waals surface area contributed by atoms with Crippen LogP contribution in [0.1, 0.15) is 30.0 Å². The second-order valence-electron chi connectivity index (χ2n) is 7.06. The summed E-state index contributed by atoms with van der Waals surface area (Å²) in [5, 5.41) is 0. The molecule has 29 heavy (non-hydrogen) atoms. The van der Waals surface area contributed by atoms with Gasteiger partial charge in [0.15, 0.2) is 6.61 Å². The van der Waals surface area contributed by atoms with E-state index in [9.17, 15) is 9.59 Å². The van der Waals surface area contributed by atoms with Crippen molar-refractivity contribution in [2.24, 2.45) is 0 Å². The molecule has 0 atom stereocenters. The molecule has 0 saturated heterocycles. The third-order valence-electron chi connectivity index (χ3n) is 4.86. The summed E-state index contributed by atoms with van der Waals surface area (Å²) in [5.41, 5.74) is 3.79. The molecule has 0 spiro atoms. The maximum atomic E-state index is 12.2. The number of benzene rings is 2. The molecule has 2 aromatic carbocycles. The quantitative estimate of drug-likeness (QED) is 0.461. The number of likely N-dealkylation sites (N-methyl/N-ethyl adjacent to an activating group) is 1. The topological polar surface area (TPSA) is 55.8 Å². The van der Waals surface area contributed by atoms with Crippen molar-refractivity contribution in [2.45, 2.75) is 37.6 Å². The molecule has 0 aliphatic heterocycles. The molecule has 1 aliphatic carbocycles. The van der Waals surface area contributed by atoms with E-state index in [0.29, 0.717) is 13.2 Å². The monoisotopic (exact) mass is 413 g/mol. The number of nitrogens with zero attached hydrogens (tertiary/aromatic N) is 1. The standard InChI is InChI=1S/C23H27NO4S/c1-3-27-20-10-7-17(8-11-20)14-24(2)22(25)15-28-23(26)16-29-21-12-9-18-5-4-6-19(18)13-21/h7-13H,3-6,14-16H2,1-2H3. The Labute approximate surface area is 176 Å². The van der Waals surface area contributed by atoms with Gasteiger partial charge in [-0.05, 0) is 67.1 Å². The number of fused-ring (bicyclic) bond motifs is 1. The number of hydrogen-bond acceptors (Lipinski definition) is 5. The number of ether oxygens (including phenoxy) is 2. The smallest absolute Gasteiger partial charge is 0.316 e. The van der Waals surface area contributed by atoms with Gasteiger partial charge in [0.2, 0.25) is 0 Å². The lowest BCUT2D eigenvalue weighted by Gasteiger charge is -2.17. The number of rotatable bonds is 9. The van der Waals surface area contributed by atoms with E-state index >= 15 is 0 Å².